The molecule has 1 heterocycles. The van der Waals surface area contributed by atoms with Gasteiger partial charge in [0, 0.05) is 16.1 Å². The number of halogens is 1. The van der Waals surface area contributed by atoms with Crippen molar-refractivity contribution in [2.45, 2.75) is 45.2 Å². The first-order chi connectivity index (χ1) is 11.1. The Labute approximate surface area is 143 Å². The molecule has 3 rings (SSSR count). The monoisotopic (exact) mass is 377 g/mol. The summed E-state index contributed by atoms with van der Waals surface area (Å²) >= 11 is 3.47. The number of nitrogens with one attached hydrogen (secondary N) is 1. The highest BCUT2D eigenvalue weighted by molar-refractivity contribution is 9.10. The number of carbonyl (C=O) groups excluding carboxylic acids is 1. The van der Waals surface area contributed by atoms with Crippen LogP contribution in [0.2, 0.25) is 0 Å². The fourth-order valence-corrected chi connectivity index (χ4v) is 3.43. The number of hydrogen-bond donors (Lipinski definition) is 1. The second-order valence-electron chi connectivity index (χ2n) is 6.06. The van der Waals surface area contributed by atoms with Crippen LogP contribution in [0.15, 0.2) is 28.7 Å². The third kappa shape index (κ3) is 3.96. The number of rotatable bonds is 4. The third-order valence-electron chi connectivity index (χ3n) is 4.31. The average molecular weight is 378 g/mol. The second kappa shape index (κ2) is 7.21. The molecule has 0 bridgehead atoms. The summed E-state index contributed by atoms with van der Waals surface area (Å²) in [7, 11) is 0. The van der Waals surface area contributed by atoms with E-state index in [4.69, 9.17) is 0 Å². The molecule has 2 atom stereocenters. The van der Waals surface area contributed by atoms with E-state index < -0.39 is 0 Å². The van der Waals surface area contributed by atoms with E-state index in [1.807, 2.05) is 24.3 Å². The number of tetrazole rings is 1. The molecule has 0 aliphatic heterocycles. The minimum Gasteiger partial charge on any atom is -0.351 e. The van der Waals surface area contributed by atoms with E-state index in [9.17, 15) is 4.79 Å². The minimum atomic E-state index is -0.0557. The number of amides is 1. The van der Waals surface area contributed by atoms with Crippen LogP contribution in [0, 0.1) is 5.92 Å². The predicted octanol–water partition coefficient (Wildman–Crippen LogP) is 2.80. The van der Waals surface area contributed by atoms with Crippen LogP contribution >= 0.6 is 15.9 Å². The summed E-state index contributed by atoms with van der Waals surface area (Å²) in [6, 6.07) is 7.94. The van der Waals surface area contributed by atoms with E-state index in [2.05, 4.69) is 43.6 Å². The molecule has 1 N–H and O–H groups in total. The van der Waals surface area contributed by atoms with Crippen LogP contribution < -0.4 is 5.32 Å². The van der Waals surface area contributed by atoms with Crippen molar-refractivity contribution in [2.75, 3.05) is 0 Å². The Morgan fingerprint density at radius 2 is 2.13 bits per heavy atom. The van der Waals surface area contributed by atoms with E-state index >= 15 is 0 Å². The smallest absolute Gasteiger partial charge is 0.243 e. The number of hydrogen-bond acceptors (Lipinski definition) is 4. The third-order valence-corrected chi connectivity index (χ3v) is 5.00. The van der Waals surface area contributed by atoms with Gasteiger partial charge in [-0.15, -0.1) is 10.2 Å². The zero-order valence-electron chi connectivity index (χ0n) is 13.1. The molecular weight excluding hydrogens is 358 g/mol. The van der Waals surface area contributed by atoms with Gasteiger partial charge in [0.15, 0.2) is 0 Å². The van der Waals surface area contributed by atoms with E-state index in [0.717, 1.165) is 16.5 Å². The topological polar surface area (TPSA) is 72.7 Å². The largest absolute Gasteiger partial charge is 0.351 e. The van der Waals surface area contributed by atoms with Crippen molar-refractivity contribution in [2.24, 2.45) is 5.92 Å². The Morgan fingerprint density at radius 3 is 2.91 bits per heavy atom. The van der Waals surface area contributed by atoms with Gasteiger partial charge < -0.3 is 5.32 Å². The van der Waals surface area contributed by atoms with Crippen LogP contribution in [0.1, 0.15) is 32.6 Å². The summed E-state index contributed by atoms with van der Waals surface area (Å²) in [4.78, 5) is 13.5. The van der Waals surface area contributed by atoms with Gasteiger partial charge in [-0.25, -0.2) is 0 Å². The number of carbonyl (C=O) groups is 1. The molecule has 1 amide bonds. The van der Waals surface area contributed by atoms with E-state index in [-0.39, 0.29) is 18.5 Å². The molecule has 7 heteroatoms. The van der Waals surface area contributed by atoms with Crippen LogP contribution in [0.4, 0.5) is 0 Å². The lowest BCUT2D eigenvalue weighted by atomic mass is 9.86. The van der Waals surface area contributed by atoms with Gasteiger partial charge in [0.05, 0.1) is 0 Å². The molecule has 1 aliphatic carbocycles. The Balaban J connectivity index is 1.62. The molecule has 1 aliphatic rings. The quantitative estimate of drug-likeness (QED) is 0.888. The van der Waals surface area contributed by atoms with Crippen LogP contribution in [-0.4, -0.2) is 32.2 Å². The Kier molecular flexibility index (Phi) is 5.05. The van der Waals surface area contributed by atoms with Gasteiger partial charge in [0.1, 0.15) is 6.54 Å². The maximum Gasteiger partial charge on any atom is 0.243 e. The van der Waals surface area contributed by atoms with Crippen molar-refractivity contribution in [3.05, 3.63) is 28.7 Å². The van der Waals surface area contributed by atoms with Gasteiger partial charge in [0.2, 0.25) is 11.7 Å². The van der Waals surface area contributed by atoms with Crippen molar-refractivity contribution < 1.29 is 4.79 Å². The molecule has 0 spiro atoms. The first-order valence-corrected chi connectivity index (χ1v) is 8.75. The molecular formula is C16H20BrN5O. The van der Waals surface area contributed by atoms with E-state index in [1.54, 1.807) is 0 Å². The van der Waals surface area contributed by atoms with Gasteiger partial charge in [-0.2, -0.15) is 4.80 Å². The SMILES string of the molecule is C[C@@H]1CCCC[C@@H]1NC(=O)Cn1nnc(-c2ccccc2Br)n1. The lowest BCUT2D eigenvalue weighted by molar-refractivity contribution is -0.123. The number of aromatic nitrogens is 4. The summed E-state index contributed by atoms with van der Waals surface area (Å²) in [6.45, 7) is 2.30. The highest BCUT2D eigenvalue weighted by Gasteiger charge is 2.23. The Hall–Kier alpha value is -1.76. The van der Waals surface area contributed by atoms with Crippen molar-refractivity contribution in [1.82, 2.24) is 25.5 Å². The molecule has 1 aromatic heterocycles. The lowest BCUT2D eigenvalue weighted by Gasteiger charge is -2.29. The van der Waals surface area contributed by atoms with Crippen LogP contribution in [0.5, 0.6) is 0 Å². The molecule has 1 saturated carbocycles. The van der Waals surface area contributed by atoms with Gasteiger partial charge in [-0.05, 0) is 36.1 Å². The van der Waals surface area contributed by atoms with Gasteiger partial charge in [-0.3, -0.25) is 4.79 Å². The Morgan fingerprint density at radius 1 is 1.35 bits per heavy atom. The summed E-state index contributed by atoms with van der Waals surface area (Å²) < 4.78 is 0.903. The number of nitrogens with zero attached hydrogens (tertiary/aromatic N) is 4. The maximum absolute atomic E-state index is 12.2. The van der Waals surface area contributed by atoms with Gasteiger partial charge in [0.25, 0.3) is 0 Å². The zero-order chi connectivity index (χ0) is 16.2. The minimum absolute atomic E-state index is 0.0557. The first-order valence-electron chi connectivity index (χ1n) is 7.95. The van der Waals surface area contributed by atoms with Gasteiger partial charge >= 0.3 is 0 Å². The molecule has 0 saturated heterocycles. The van der Waals surface area contributed by atoms with Crippen molar-refractivity contribution in [3.8, 4) is 11.4 Å². The van der Waals surface area contributed by atoms with Crippen LogP contribution in [0.3, 0.4) is 0 Å². The van der Waals surface area contributed by atoms with Crippen LogP contribution in [-0.2, 0) is 11.3 Å². The fourth-order valence-electron chi connectivity index (χ4n) is 2.97. The van der Waals surface area contributed by atoms with Crippen molar-refractivity contribution in [3.63, 3.8) is 0 Å². The maximum atomic E-state index is 12.2. The summed E-state index contributed by atoms with van der Waals surface area (Å²) in [5.74, 6) is 0.989. The number of benzene rings is 1. The molecule has 122 valence electrons. The summed E-state index contributed by atoms with van der Waals surface area (Å²) in [6.07, 6.45) is 4.68. The molecule has 23 heavy (non-hydrogen) atoms. The average Bonchev–Trinajstić information content (AvgIpc) is 2.98. The summed E-state index contributed by atoms with van der Waals surface area (Å²) in [5, 5.41) is 15.4. The molecule has 0 radical (unpaired) electrons. The Bertz CT molecular complexity index is 687. The summed E-state index contributed by atoms with van der Waals surface area (Å²) in [5.41, 5.74) is 0.861. The van der Waals surface area contributed by atoms with Crippen LogP contribution in [0.25, 0.3) is 11.4 Å². The molecule has 1 fully saturated rings. The normalized spacial score (nSPS) is 21.1. The molecule has 2 aromatic rings. The molecule has 1 aromatic carbocycles. The second-order valence-corrected chi connectivity index (χ2v) is 6.91. The zero-order valence-corrected chi connectivity index (χ0v) is 14.7. The van der Waals surface area contributed by atoms with E-state index in [1.165, 1.54) is 24.1 Å². The highest BCUT2D eigenvalue weighted by atomic mass is 79.9. The van der Waals surface area contributed by atoms with E-state index in [0.29, 0.717) is 11.7 Å². The molecule has 6 nitrogen and oxygen atoms in total. The lowest BCUT2D eigenvalue weighted by Crippen LogP contribution is -2.42. The molecule has 0 unspecified atom stereocenters. The standard InChI is InChI=1S/C16H20BrN5O/c1-11-6-2-5-9-14(11)18-15(23)10-22-20-16(19-21-22)12-7-3-4-8-13(12)17/h3-4,7-8,11,14H,2,5-6,9-10H2,1H3,(H,18,23)/t11-,14+/m1/s1. The fraction of sp³-hybridized carbons (Fsp3) is 0.500. The highest BCUT2D eigenvalue weighted by Crippen LogP contribution is 2.25. The first kappa shape index (κ1) is 16.1. The van der Waals surface area contributed by atoms with Crippen molar-refractivity contribution in [1.29, 1.82) is 0 Å². The van der Waals surface area contributed by atoms with Crippen molar-refractivity contribution >= 4 is 21.8 Å². The van der Waals surface area contributed by atoms with Gasteiger partial charge in [-0.1, -0.05) is 47.8 Å². The predicted molar refractivity (Wildman–Crippen MR) is 90.5 cm³/mol.